The number of rotatable bonds is 4. The quantitative estimate of drug-likeness (QED) is 0.606. The topological polar surface area (TPSA) is 56.6 Å². The molecule has 0 radical (unpaired) electrons. The van der Waals surface area contributed by atoms with Crippen LogP contribution in [0.25, 0.3) is 0 Å². The Balaban J connectivity index is 1.44. The van der Waals surface area contributed by atoms with E-state index >= 15 is 0 Å². The lowest BCUT2D eigenvalue weighted by Gasteiger charge is -2.32. The molecule has 4 heterocycles. The number of halogens is 1. The minimum Gasteiger partial charge on any atom is -0.353 e. The molecule has 1 amide bonds. The van der Waals surface area contributed by atoms with E-state index in [2.05, 4.69) is 45.4 Å². The van der Waals surface area contributed by atoms with E-state index in [-0.39, 0.29) is 23.7 Å². The zero-order valence-corrected chi connectivity index (χ0v) is 20.1. The highest BCUT2D eigenvalue weighted by Gasteiger charge is 2.38. The molecule has 2 aromatic heterocycles. The number of fused-ring (bicyclic) bond motifs is 3. The summed E-state index contributed by atoms with van der Waals surface area (Å²) in [4.78, 5) is 20.0. The van der Waals surface area contributed by atoms with Gasteiger partial charge in [0.2, 0.25) is 0 Å². The SMILES string of the molecule is CC(OC1CCCCO1)c1c(Br)ccnc1N1CCn2c(cc3c2CC(C)(C)C3)C1=O. The number of anilines is 1. The Labute approximate surface area is 192 Å². The van der Waals surface area contributed by atoms with Crippen LogP contribution in [0.2, 0.25) is 0 Å². The zero-order valence-electron chi connectivity index (χ0n) is 18.5. The van der Waals surface area contributed by atoms with Crippen molar-refractivity contribution in [2.24, 2.45) is 5.41 Å². The molecule has 7 heteroatoms. The van der Waals surface area contributed by atoms with Crippen molar-refractivity contribution in [1.82, 2.24) is 9.55 Å². The fourth-order valence-corrected chi connectivity index (χ4v) is 5.88. The Hall–Kier alpha value is -1.70. The number of amides is 1. The van der Waals surface area contributed by atoms with Gasteiger partial charge in [0.15, 0.2) is 6.29 Å². The Morgan fingerprint density at radius 3 is 2.90 bits per heavy atom. The predicted octanol–water partition coefficient (Wildman–Crippen LogP) is 5.04. The molecule has 2 aliphatic heterocycles. The maximum Gasteiger partial charge on any atom is 0.276 e. The van der Waals surface area contributed by atoms with Crippen LogP contribution < -0.4 is 4.90 Å². The van der Waals surface area contributed by atoms with E-state index in [9.17, 15) is 4.79 Å². The Kier molecular flexibility index (Phi) is 5.47. The maximum absolute atomic E-state index is 13.5. The molecule has 1 aliphatic carbocycles. The first-order valence-electron chi connectivity index (χ1n) is 11.3. The number of hydrogen-bond acceptors (Lipinski definition) is 4. The van der Waals surface area contributed by atoms with Crippen molar-refractivity contribution in [1.29, 1.82) is 0 Å². The van der Waals surface area contributed by atoms with Gasteiger partial charge < -0.3 is 14.0 Å². The predicted molar refractivity (Wildman–Crippen MR) is 122 cm³/mol. The van der Waals surface area contributed by atoms with Crippen molar-refractivity contribution in [2.45, 2.75) is 71.8 Å². The second-order valence-electron chi connectivity index (χ2n) is 9.73. The molecule has 166 valence electrons. The third-order valence-electron chi connectivity index (χ3n) is 6.70. The molecule has 0 N–H and O–H groups in total. The Morgan fingerprint density at radius 2 is 2.13 bits per heavy atom. The molecule has 0 bridgehead atoms. The lowest BCUT2D eigenvalue weighted by atomic mass is 9.90. The number of carbonyl (C=O) groups excluding carboxylic acids is 1. The van der Waals surface area contributed by atoms with Crippen molar-refractivity contribution >= 4 is 27.7 Å². The average molecular weight is 488 g/mol. The van der Waals surface area contributed by atoms with Crippen LogP contribution in [0.5, 0.6) is 0 Å². The van der Waals surface area contributed by atoms with Crippen molar-refractivity contribution in [3.8, 4) is 0 Å². The van der Waals surface area contributed by atoms with Gasteiger partial charge in [0.25, 0.3) is 5.91 Å². The normalized spacial score (nSPS) is 23.5. The highest BCUT2D eigenvalue weighted by Crippen LogP contribution is 2.41. The highest BCUT2D eigenvalue weighted by atomic mass is 79.9. The van der Waals surface area contributed by atoms with Crippen molar-refractivity contribution < 1.29 is 14.3 Å². The van der Waals surface area contributed by atoms with E-state index in [1.54, 1.807) is 6.20 Å². The Morgan fingerprint density at radius 1 is 1.29 bits per heavy atom. The second kappa shape index (κ2) is 8.01. The zero-order chi connectivity index (χ0) is 21.8. The number of pyridine rings is 1. The third kappa shape index (κ3) is 3.85. The highest BCUT2D eigenvalue weighted by molar-refractivity contribution is 9.10. The summed E-state index contributed by atoms with van der Waals surface area (Å²) in [6.07, 6.45) is 6.45. The number of ether oxygens (including phenoxy) is 2. The first kappa shape index (κ1) is 21.2. The van der Waals surface area contributed by atoms with Crippen molar-refractivity contribution in [2.75, 3.05) is 18.1 Å². The molecule has 2 unspecified atom stereocenters. The minimum atomic E-state index is -0.242. The summed E-state index contributed by atoms with van der Waals surface area (Å²) < 4.78 is 15.1. The summed E-state index contributed by atoms with van der Waals surface area (Å²) >= 11 is 3.68. The summed E-state index contributed by atoms with van der Waals surface area (Å²) in [7, 11) is 0. The molecule has 5 rings (SSSR count). The smallest absolute Gasteiger partial charge is 0.276 e. The summed E-state index contributed by atoms with van der Waals surface area (Å²) in [6, 6.07) is 4.01. The third-order valence-corrected chi connectivity index (χ3v) is 7.39. The lowest BCUT2D eigenvalue weighted by molar-refractivity contribution is -0.186. The molecule has 0 spiro atoms. The van der Waals surface area contributed by atoms with Gasteiger partial charge in [-0.25, -0.2) is 4.98 Å². The fraction of sp³-hybridized carbons (Fsp3) is 0.583. The number of aromatic nitrogens is 2. The van der Waals surface area contributed by atoms with Gasteiger partial charge in [-0.1, -0.05) is 29.8 Å². The largest absolute Gasteiger partial charge is 0.353 e. The molecule has 1 saturated heterocycles. The van der Waals surface area contributed by atoms with Crippen LogP contribution in [0.4, 0.5) is 5.82 Å². The summed E-state index contributed by atoms with van der Waals surface area (Å²) in [5, 5.41) is 0. The fourth-order valence-electron chi connectivity index (χ4n) is 5.26. The number of nitrogens with zero attached hydrogens (tertiary/aromatic N) is 3. The van der Waals surface area contributed by atoms with E-state index in [0.717, 1.165) is 61.0 Å². The van der Waals surface area contributed by atoms with Crippen LogP contribution in [-0.2, 0) is 28.9 Å². The van der Waals surface area contributed by atoms with Gasteiger partial charge in [-0.3, -0.25) is 9.69 Å². The summed E-state index contributed by atoms with van der Waals surface area (Å²) in [5.41, 5.74) is 4.62. The minimum absolute atomic E-state index is 0.0198. The van der Waals surface area contributed by atoms with Crippen LogP contribution in [0, 0.1) is 5.41 Å². The first-order chi connectivity index (χ1) is 14.8. The molecule has 1 fully saturated rings. The molecule has 31 heavy (non-hydrogen) atoms. The number of carbonyl (C=O) groups is 1. The van der Waals surface area contributed by atoms with Gasteiger partial charge in [-0.2, -0.15) is 0 Å². The van der Waals surface area contributed by atoms with E-state index < -0.39 is 0 Å². The summed E-state index contributed by atoms with van der Waals surface area (Å²) in [6.45, 7) is 8.74. The van der Waals surface area contributed by atoms with Crippen LogP contribution in [0.1, 0.15) is 73.4 Å². The van der Waals surface area contributed by atoms with Gasteiger partial charge in [0, 0.05) is 41.6 Å². The monoisotopic (exact) mass is 487 g/mol. The van der Waals surface area contributed by atoms with E-state index in [4.69, 9.17) is 9.47 Å². The number of hydrogen-bond donors (Lipinski definition) is 0. The van der Waals surface area contributed by atoms with Gasteiger partial charge in [0.05, 0.1) is 6.10 Å². The first-order valence-corrected chi connectivity index (χ1v) is 12.1. The standard InChI is InChI=1S/C24H30BrN3O3/c1-15(31-20-6-4-5-11-30-20)21-17(25)7-8-26-22(21)28-10-9-27-18(23(28)29)12-16-13-24(2,3)14-19(16)27/h7-8,12,15,20H,4-6,9-11,13-14H2,1-3H3. The van der Waals surface area contributed by atoms with E-state index in [1.807, 2.05) is 17.9 Å². The van der Waals surface area contributed by atoms with Crippen LogP contribution in [0.3, 0.4) is 0 Å². The molecule has 2 aromatic rings. The van der Waals surface area contributed by atoms with Crippen molar-refractivity contribution in [3.05, 3.63) is 45.3 Å². The molecule has 6 nitrogen and oxygen atoms in total. The molecule has 0 saturated carbocycles. The molecule has 2 atom stereocenters. The van der Waals surface area contributed by atoms with Crippen molar-refractivity contribution in [3.63, 3.8) is 0 Å². The maximum atomic E-state index is 13.5. The van der Waals surface area contributed by atoms with Gasteiger partial charge >= 0.3 is 0 Å². The Bertz CT molecular complexity index is 1010. The van der Waals surface area contributed by atoms with E-state index in [1.165, 1.54) is 11.3 Å². The average Bonchev–Trinajstić information content (AvgIpc) is 3.21. The molecular weight excluding hydrogens is 458 g/mol. The second-order valence-corrected chi connectivity index (χ2v) is 10.6. The van der Waals surface area contributed by atoms with E-state index in [0.29, 0.717) is 12.4 Å². The van der Waals surface area contributed by atoms with Gasteiger partial charge in [-0.15, -0.1) is 0 Å². The lowest BCUT2D eigenvalue weighted by Crippen LogP contribution is -2.42. The summed E-state index contributed by atoms with van der Waals surface area (Å²) in [5.74, 6) is 0.696. The molecule has 3 aliphatic rings. The van der Waals surface area contributed by atoms with Crippen LogP contribution in [-0.4, -0.2) is 34.9 Å². The van der Waals surface area contributed by atoms with Gasteiger partial charge in [0.1, 0.15) is 11.5 Å². The van der Waals surface area contributed by atoms with Crippen LogP contribution in [0.15, 0.2) is 22.8 Å². The van der Waals surface area contributed by atoms with Crippen LogP contribution >= 0.6 is 15.9 Å². The molecular formula is C24H30BrN3O3. The molecule has 0 aromatic carbocycles. The van der Waals surface area contributed by atoms with Gasteiger partial charge in [-0.05, 0) is 62.1 Å².